The summed E-state index contributed by atoms with van der Waals surface area (Å²) in [6.45, 7) is -0.394. The average Bonchev–Trinajstić information content (AvgIpc) is 3.24. The lowest BCUT2D eigenvalue weighted by Crippen LogP contribution is -2.24. The van der Waals surface area contributed by atoms with E-state index < -0.39 is 17.6 Å². The van der Waals surface area contributed by atoms with Crippen molar-refractivity contribution < 1.29 is 23.5 Å². The molecule has 0 aliphatic heterocycles. The molecular weight excluding hydrogens is 410 g/mol. The summed E-state index contributed by atoms with van der Waals surface area (Å²) in [6.07, 6.45) is 0. The fourth-order valence-electron chi connectivity index (χ4n) is 3.05. The molecule has 0 fully saturated rings. The lowest BCUT2D eigenvalue weighted by atomic mass is 10.3. The number of aromatic nitrogens is 2. The van der Waals surface area contributed by atoms with Gasteiger partial charge in [-0.05, 0) is 30.3 Å². The molecule has 2 aromatic heterocycles. The second kappa shape index (κ2) is 7.99. The summed E-state index contributed by atoms with van der Waals surface area (Å²) >= 11 is 1.23. The van der Waals surface area contributed by atoms with E-state index in [9.17, 15) is 14.4 Å². The number of nitrogens with zero attached hydrogens (tertiary/aromatic N) is 3. The third kappa shape index (κ3) is 3.64. The van der Waals surface area contributed by atoms with Crippen molar-refractivity contribution in [3.63, 3.8) is 0 Å². The van der Waals surface area contributed by atoms with Crippen LogP contribution in [0.2, 0.25) is 0 Å². The highest BCUT2D eigenvalue weighted by Crippen LogP contribution is 2.23. The molecule has 2 heterocycles. The van der Waals surface area contributed by atoms with E-state index in [1.807, 2.05) is 0 Å². The largest absolute Gasteiger partial charge is 0.497 e. The molecule has 0 N–H and O–H groups in total. The SMILES string of the molecule is COC(=O)Cn1c(=NC(=O)Cn2c(=O)oc3ccccc32)sc2cc(OC)ccc21. The number of amides is 1. The first-order valence-corrected chi connectivity index (χ1v) is 9.72. The number of hydrogen-bond donors (Lipinski definition) is 0. The van der Waals surface area contributed by atoms with Gasteiger partial charge in [-0.1, -0.05) is 23.5 Å². The second-order valence-electron chi connectivity index (χ2n) is 6.31. The van der Waals surface area contributed by atoms with Gasteiger partial charge in [0.1, 0.15) is 18.8 Å². The minimum Gasteiger partial charge on any atom is -0.497 e. The Balaban J connectivity index is 1.77. The van der Waals surface area contributed by atoms with Crippen molar-refractivity contribution in [1.82, 2.24) is 9.13 Å². The molecule has 10 heteroatoms. The van der Waals surface area contributed by atoms with Crippen molar-refractivity contribution in [1.29, 1.82) is 0 Å². The first-order valence-electron chi connectivity index (χ1n) is 8.90. The summed E-state index contributed by atoms with van der Waals surface area (Å²) in [4.78, 5) is 41.1. The standard InChI is InChI=1S/C20H17N3O6S/c1-27-12-7-8-14-16(9-12)30-19(22(14)11-18(25)28-2)21-17(24)10-23-13-5-3-4-6-15(13)29-20(23)26/h3-9H,10-11H2,1-2H3. The molecule has 0 aliphatic carbocycles. The summed E-state index contributed by atoms with van der Waals surface area (Å²) in [5, 5.41) is 0. The van der Waals surface area contributed by atoms with Crippen LogP contribution in [0, 0.1) is 0 Å². The summed E-state index contributed by atoms with van der Waals surface area (Å²) in [7, 11) is 2.85. The highest BCUT2D eigenvalue weighted by atomic mass is 32.1. The molecule has 0 radical (unpaired) electrons. The Morgan fingerprint density at radius 3 is 2.63 bits per heavy atom. The van der Waals surface area contributed by atoms with Gasteiger partial charge in [-0.15, -0.1) is 0 Å². The van der Waals surface area contributed by atoms with Crippen molar-refractivity contribution in [2.24, 2.45) is 4.99 Å². The first kappa shape index (κ1) is 19.6. The van der Waals surface area contributed by atoms with Crippen LogP contribution < -0.4 is 15.3 Å². The number of rotatable bonds is 5. The van der Waals surface area contributed by atoms with Crippen molar-refractivity contribution in [3.8, 4) is 5.75 Å². The molecule has 0 bridgehead atoms. The van der Waals surface area contributed by atoms with Gasteiger partial charge in [-0.2, -0.15) is 4.99 Å². The fourth-order valence-corrected chi connectivity index (χ4v) is 4.13. The van der Waals surface area contributed by atoms with Gasteiger partial charge in [0.2, 0.25) is 0 Å². The van der Waals surface area contributed by atoms with Crippen LogP contribution in [0.5, 0.6) is 5.75 Å². The average molecular weight is 427 g/mol. The zero-order valence-electron chi connectivity index (χ0n) is 16.2. The molecule has 1 amide bonds. The molecule has 154 valence electrons. The van der Waals surface area contributed by atoms with Gasteiger partial charge in [-0.25, -0.2) is 4.79 Å². The highest BCUT2D eigenvalue weighted by Gasteiger charge is 2.15. The number of ether oxygens (including phenoxy) is 2. The van der Waals surface area contributed by atoms with Crippen molar-refractivity contribution >= 4 is 44.5 Å². The van der Waals surface area contributed by atoms with Gasteiger partial charge in [0.25, 0.3) is 5.91 Å². The van der Waals surface area contributed by atoms with E-state index in [1.54, 1.807) is 54.1 Å². The van der Waals surface area contributed by atoms with Crippen LogP contribution in [0.25, 0.3) is 21.3 Å². The summed E-state index contributed by atoms with van der Waals surface area (Å²) in [5.74, 6) is -1.02. The third-order valence-electron chi connectivity index (χ3n) is 4.49. The minimum atomic E-state index is -0.636. The Labute approximate surface area is 173 Å². The molecular formula is C20H17N3O6S. The Morgan fingerprint density at radius 2 is 1.87 bits per heavy atom. The van der Waals surface area contributed by atoms with Crippen LogP contribution in [0.15, 0.2) is 56.7 Å². The summed E-state index contributed by atoms with van der Waals surface area (Å²) in [6, 6.07) is 12.2. The third-order valence-corrected chi connectivity index (χ3v) is 5.53. The lowest BCUT2D eigenvalue weighted by Gasteiger charge is -2.04. The molecule has 0 aliphatic rings. The zero-order chi connectivity index (χ0) is 21.3. The number of thiazole rings is 1. The second-order valence-corrected chi connectivity index (χ2v) is 7.32. The van der Waals surface area contributed by atoms with Gasteiger partial charge in [0.15, 0.2) is 10.4 Å². The molecule has 4 rings (SSSR count). The maximum atomic E-state index is 12.7. The highest BCUT2D eigenvalue weighted by molar-refractivity contribution is 7.16. The van der Waals surface area contributed by atoms with Gasteiger partial charge < -0.3 is 18.5 Å². The monoisotopic (exact) mass is 427 g/mol. The number of para-hydroxylation sites is 2. The molecule has 4 aromatic rings. The number of carbonyl (C=O) groups excluding carboxylic acids is 2. The number of methoxy groups -OCH3 is 2. The van der Waals surface area contributed by atoms with E-state index in [4.69, 9.17) is 13.9 Å². The molecule has 0 spiro atoms. The zero-order valence-corrected chi connectivity index (χ0v) is 17.0. The predicted molar refractivity (Wildman–Crippen MR) is 109 cm³/mol. The first-order chi connectivity index (χ1) is 14.5. The molecule has 0 atom stereocenters. The normalized spacial score (nSPS) is 11.9. The van der Waals surface area contributed by atoms with Crippen LogP contribution in [0.1, 0.15) is 0 Å². The topological polar surface area (TPSA) is 105 Å². The molecule has 0 unspecified atom stereocenters. The minimum absolute atomic E-state index is 0.108. The quantitative estimate of drug-likeness (QED) is 0.451. The number of fused-ring (bicyclic) bond motifs is 2. The molecule has 9 nitrogen and oxygen atoms in total. The molecule has 0 saturated heterocycles. The van der Waals surface area contributed by atoms with Gasteiger partial charge in [0, 0.05) is 0 Å². The van der Waals surface area contributed by atoms with Crippen molar-refractivity contribution in [2.45, 2.75) is 13.1 Å². The molecule has 2 aromatic carbocycles. The van der Waals surface area contributed by atoms with E-state index in [2.05, 4.69) is 4.99 Å². The number of esters is 1. The fraction of sp³-hybridized carbons (Fsp3) is 0.200. The van der Waals surface area contributed by atoms with Crippen LogP contribution in [0.3, 0.4) is 0 Å². The lowest BCUT2D eigenvalue weighted by molar-refractivity contribution is -0.141. The number of carbonyl (C=O) groups is 2. The summed E-state index contributed by atoms with van der Waals surface area (Å²) < 4.78 is 18.8. The van der Waals surface area contributed by atoms with E-state index in [0.717, 1.165) is 4.70 Å². The van der Waals surface area contributed by atoms with E-state index in [1.165, 1.54) is 23.0 Å². The Kier molecular flexibility index (Phi) is 5.23. The van der Waals surface area contributed by atoms with Gasteiger partial charge in [-0.3, -0.25) is 14.2 Å². The maximum Gasteiger partial charge on any atom is 0.420 e. The van der Waals surface area contributed by atoms with E-state index in [-0.39, 0.29) is 13.1 Å². The Bertz CT molecular complexity index is 1390. The number of oxazole rings is 1. The van der Waals surface area contributed by atoms with Gasteiger partial charge in [0.05, 0.1) is 30.0 Å². The van der Waals surface area contributed by atoms with Crippen molar-refractivity contribution in [3.05, 3.63) is 57.8 Å². The summed E-state index contributed by atoms with van der Waals surface area (Å²) in [5.41, 5.74) is 1.61. The maximum absolute atomic E-state index is 12.7. The number of hydrogen-bond acceptors (Lipinski definition) is 7. The Hall–Kier alpha value is -3.66. The van der Waals surface area contributed by atoms with E-state index in [0.29, 0.717) is 27.2 Å². The number of benzene rings is 2. The molecule has 30 heavy (non-hydrogen) atoms. The van der Waals surface area contributed by atoms with Gasteiger partial charge >= 0.3 is 11.7 Å². The van der Waals surface area contributed by atoms with Crippen molar-refractivity contribution in [2.75, 3.05) is 14.2 Å². The smallest absolute Gasteiger partial charge is 0.420 e. The van der Waals surface area contributed by atoms with Crippen LogP contribution in [0.4, 0.5) is 0 Å². The molecule has 0 saturated carbocycles. The van der Waals surface area contributed by atoms with Crippen LogP contribution in [-0.2, 0) is 27.4 Å². The predicted octanol–water partition coefficient (Wildman–Crippen LogP) is 1.92. The van der Waals surface area contributed by atoms with Crippen LogP contribution >= 0.6 is 11.3 Å². The van der Waals surface area contributed by atoms with E-state index >= 15 is 0 Å². The van der Waals surface area contributed by atoms with Crippen LogP contribution in [-0.4, -0.2) is 35.2 Å². The Morgan fingerprint density at radius 1 is 1.07 bits per heavy atom.